The van der Waals surface area contributed by atoms with Crippen LogP contribution >= 0.6 is 11.8 Å². The van der Waals surface area contributed by atoms with Gasteiger partial charge in [0.25, 0.3) is 0 Å². The van der Waals surface area contributed by atoms with Crippen molar-refractivity contribution in [3.05, 3.63) is 41.2 Å². The van der Waals surface area contributed by atoms with E-state index in [9.17, 15) is 5.26 Å². The second-order valence-corrected chi connectivity index (χ2v) is 5.08. The number of benzene rings is 1. The second-order valence-electron chi connectivity index (χ2n) is 4.23. The van der Waals surface area contributed by atoms with E-state index >= 15 is 0 Å². The molecule has 19 heavy (non-hydrogen) atoms. The first-order valence-electron chi connectivity index (χ1n) is 5.95. The van der Waals surface area contributed by atoms with E-state index in [1.54, 1.807) is 11.8 Å². The smallest absolute Gasteiger partial charge is 0.102 e. The molecule has 0 spiro atoms. The number of aromatic nitrogens is 2. The Bertz CT molecular complexity index is 625. The molecule has 0 aliphatic carbocycles. The van der Waals surface area contributed by atoms with E-state index < -0.39 is 0 Å². The molecule has 1 aromatic carbocycles. The zero-order chi connectivity index (χ0) is 13.8. The molecule has 0 aliphatic rings. The second kappa shape index (κ2) is 5.81. The van der Waals surface area contributed by atoms with E-state index in [0.717, 1.165) is 21.8 Å². The standard InChI is InChI=1S/C14H16N4S/c1-10-11(9-17-18(10)2)8-16-13-5-4-6-14(19-3)12(13)7-15/h4-6,9,16H,8H2,1-3H3. The molecule has 0 saturated carbocycles. The quantitative estimate of drug-likeness (QED) is 0.869. The topological polar surface area (TPSA) is 53.6 Å². The molecule has 0 aliphatic heterocycles. The zero-order valence-corrected chi connectivity index (χ0v) is 12.1. The lowest BCUT2D eigenvalue weighted by Crippen LogP contribution is -2.03. The van der Waals surface area contributed by atoms with Crippen LogP contribution in [0.1, 0.15) is 16.8 Å². The molecular weight excluding hydrogens is 256 g/mol. The number of rotatable bonds is 4. The molecule has 0 unspecified atom stereocenters. The lowest BCUT2D eigenvalue weighted by atomic mass is 10.2. The zero-order valence-electron chi connectivity index (χ0n) is 11.3. The van der Waals surface area contributed by atoms with E-state index in [4.69, 9.17) is 0 Å². The highest BCUT2D eigenvalue weighted by atomic mass is 32.2. The fourth-order valence-electron chi connectivity index (χ4n) is 1.87. The van der Waals surface area contributed by atoms with Gasteiger partial charge in [-0.05, 0) is 25.3 Å². The summed E-state index contributed by atoms with van der Waals surface area (Å²) in [7, 11) is 1.92. The van der Waals surface area contributed by atoms with Crippen molar-refractivity contribution in [2.45, 2.75) is 18.4 Å². The number of anilines is 1. The minimum absolute atomic E-state index is 0.673. The average Bonchev–Trinajstić information content (AvgIpc) is 2.76. The number of aryl methyl sites for hydroxylation is 1. The van der Waals surface area contributed by atoms with Crippen LogP contribution in [0.15, 0.2) is 29.3 Å². The first-order chi connectivity index (χ1) is 9.17. The third-order valence-corrected chi connectivity index (χ3v) is 3.94. The summed E-state index contributed by atoms with van der Waals surface area (Å²) in [5.41, 5.74) is 3.85. The Labute approximate surface area is 117 Å². The molecule has 1 N–H and O–H groups in total. The maximum absolute atomic E-state index is 9.27. The van der Waals surface area contributed by atoms with Crippen LogP contribution < -0.4 is 5.32 Å². The molecule has 1 heterocycles. The van der Waals surface area contributed by atoms with E-state index in [0.29, 0.717) is 12.1 Å². The fourth-order valence-corrected chi connectivity index (χ4v) is 2.45. The van der Waals surface area contributed by atoms with Gasteiger partial charge in [-0.1, -0.05) is 6.07 Å². The van der Waals surface area contributed by atoms with E-state index in [1.807, 2.05) is 49.3 Å². The van der Waals surface area contributed by atoms with Crippen LogP contribution in [0.3, 0.4) is 0 Å². The van der Waals surface area contributed by atoms with Crippen LogP contribution in [0, 0.1) is 18.3 Å². The summed E-state index contributed by atoms with van der Waals surface area (Å²) in [6.07, 6.45) is 3.83. The Balaban J connectivity index is 2.21. The van der Waals surface area contributed by atoms with Crippen molar-refractivity contribution in [1.29, 1.82) is 5.26 Å². The summed E-state index contributed by atoms with van der Waals surface area (Å²) >= 11 is 1.58. The minimum Gasteiger partial charge on any atom is -0.380 e. The van der Waals surface area contributed by atoms with Gasteiger partial charge in [0.15, 0.2) is 0 Å². The Kier molecular flexibility index (Phi) is 4.13. The van der Waals surface area contributed by atoms with Gasteiger partial charge in [-0.3, -0.25) is 4.68 Å². The minimum atomic E-state index is 0.673. The fraction of sp³-hybridized carbons (Fsp3) is 0.286. The number of nitrogens with one attached hydrogen (secondary N) is 1. The highest BCUT2D eigenvalue weighted by Crippen LogP contribution is 2.26. The molecule has 0 bridgehead atoms. The van der Waals surface area contributed by atoms with Crippen LogP contribution in [-0.2, 0) is 13.6 Å². The molecule has 1 aromatic heterocycles. The Morgan fingerprint density at radius 1 is 1.47 bits per heavy atom. The van der Waals surface area contributed by atoms with Crippen LogP contribution in [0.5, 0.6) is 0 Å². The van der Waals surface area contributed by atoms with Gasteiger partial charge in [-0.15, -0.1) is 11.8 Å². The normalized spacial score (nSPS) is 10.2. The van der Waals surface area contributed by atoms with Gasteiger partial charge in [0.2, 0.25) is 0 Å². The van der Waals surface area contributed by atoms with Crippen molar-refractivity contribution in [3.63, 3.8) is 0 Å². The van der Waals surface area contributed by atoms with Gasteiger partial charge >= 0.3 is 0 Å². The summed E-state index contributed by atoms with van der Waals surface area (Å²) in [6, 6.07) is 8.13. The predicted octanol–water partition coefficient (Wildman–Crippen LogP) is 2.93. The number of nitriles is 1. The van der Waals surface area contributed by atoms with Crippen LogP contribution in [-0.4, -0.2) is 16.0 Å². The maximum atomic E-state index is 9.27. The lowest BCUT2D eigenvalue weighted by Gasteiger charge is -2.10. The lowest BCUT2D eigenvalue weighted by molar-refractivity contribution is 0.738. The molecule has 0 saturated heterocycles. The van der Waals surface area contributed by atoms with Crippen molar-refractivity contribution in [3.8, 4) is 6.07 Å². The number of hydrogen-bond acceptors (Lipinski definition) is 4. The van der Waals surface area contributed by atoms with Crippen LogP contribution in [0.25, 0.3) is 0 Å². The van der Waals surface area contributed by atoms with Gasteiger partial charge in [0.1, 0.15) is 6.07 Å². The molecule has 0 radical (unpaired) electrons. The molecule has 2 rings (SSSR count). The summed E-state index contributed by atoms with van der Waals surface area (Å²) in [4.78, 5) is 0.996. The first kappa shape index (κ1) is 13.5. The van der Waals surface area contributed by atoms with Crippen LogP contribution in [0.4, 0.5) is 5.69 Å². The SMILES string of the molecule is CSc1cccc(NCc2cnn(C)c2C)c1C#N. The summed E-state index contributed by atoms with van der Waals surface area (Å²) in [5, 5.41) is 16.8. The molecular formula is C14H16N4S. The summed E-state index contributed by atoms with van der Waals surface area (Å²) < 4.78 is 1.85. The highest BCUT2D eigenvalue weighted by Gasteiger charge is 2.08. The molecule has 98 valence electrons. The van der Waals surface area contributed by atoms with E-state index in [-0.39, 0.29) is 0 Å². The summed E-state index contributed by atoms with van der Waals surface area (Å²) in [5.74, 6) is 0. The Morgan fingerprint density at radius 3 is 2.84 bits per heavy atom. The van der Waals surface area contributed by atoms with E-state index in [1.165, 1.54) is 0 Å². The highest BCUT2D eigenvalue weighted by molar-refractivity contribution is 7.98. The predicted molar refractivity (Wildman–Crippen MR) is 78.2 cm³/mol. The molecule has 4 nitrogen and oxygen atoms in total. The Hall–Kier alpha value is -1.93. The van der Waals surface area contributed by atoms with Crippen molar-refractivity contribution in [2.24, 2.45) is 7.05 Å². The molecule has 5 heteroatoms. The number of hydrogen-bond donors (Lipinski definition) is 1. The van der Waals surface area contributed by atoms with Gasteiger partial charge in [-0.25, -0.2) is 0 Å². The van der Waals surface area contributed by atoms with Crippen molar-refractivity contribution in [2.75, 3.05) is 11.6 Å². The largest absolute Gasteiger partial charge is 0.380 e. The van der Waals surface area contributed by atoms with Crippen molar-refractivity contribution in [1.82, 2.24) is 9.78 Å². The number of nitrogens with zero attached hydrogens (tertiary/aromatic N) is 3. The monoisotopic (exact) mass is 272 g/mol. The average molecular weight is 272 g/mol. The molecule has 2 aromatic rings. The van der Waals surface area contributed by atoms with Gasteiger partial charge in [0.05, 0.1) is 17.4 Å². The first-order valence-corrected chi connectivity index (χ1v) is 7.18. The molecule has 0 atom stereocenters. The Morgan fingerprint density at radius 2 is 2.26 bits per heavy atom. The molecule has 0 amide bonds. The van der Waals surface area contributed by atoms with Gasteiger partial charge < -0.3 is 5.32 Å². The maximum Gasteiger partial charge on any atom is 0.102 e. The van der Waals surface area contributed by atoms with Gasteiger partial charge in [0, 0.05) is 29.7 Å². The third kappa shape index (κ3) is 2.74. The van der Waals surface area contributed by atoms with Crippen molar-refractivity contribution >= 4 is 17.4 Å². The van der Waals surface area contributed by atoms with Gasteiger partial charge in [-0.2, -0.15) is 10.4 Å². The van der Waals surface area contributed by atoms with Crippen LogP contribution in [0.2, 0.25) is 0 Å². The number of thioether (sulfide) groups is 1. The summed E-state index contributed by atoms with van der Waals surface area (Å²) in [6.45, 7) is 2.71. The van der Waals surface area contributed by atoms with E-state index in [2.05, 4.69) is 16.5 Å². The third-order valence-electron chi connectivity index (χ3n) is 3.16. The molecule has 0 fully saturated rings. The van der Waals surface area contributed by atoms with Crippen molar-refractivity contribution < 1.29 is 0 Å².